The Balaban J connectivity index is 0.708. The summed E-state index contributed by atoms with van der Waals surface area (Å²) in [6, 6.07) is 13.6. The molecule has 47 nitrogen and oxygen atoms in total. The lowest BCUT2D eigenvalue weighted by molar-refractivity contribution is -0.126. The smallest absolute Gasteiger partial charge is 0.490 e. The van der Waals surface area contributed by atoms with E-state index in [4.69, 9.17) is 79.8 Å². The zero-order valence-corrected chi connectivity index (χ0v) is 60.7. The minimum absolute atomic E-state index is 0.0139. The third-order valence-corrected chi connectivity index (χ3v) is 20.5. The van der Waals surface area contributed by atoms with Gasteiger partial charge in [-0.15, -0.1) is 0 Å². The van der Waals surface area contributed by atoms with Gasteiger partial charge in [-0.3, -0.25) is 48.0 Å². The van der Waals surface area contributed by atoms with Crippen molar-refractivity contribution in [3.8, 4) is 40.0 Å². The fourth-order valence-electron chi connectivity index (χ4n) is 10.4. The van der Waals surface area contributed by atoms with Crippen LogP contribution in [0.4, 0.5) is 11.6 Å². The third kappa shape index (κ3) is 23.8. The molecule has 0 spiro atoms. The highest BCUT2D eigenvalue weighted by atomic mass is 32.2. The maximum Gasteiger partial charge on any atom is 0.490 e. The summed E-state index contributed by atoms with van der Waals surface area (Å²) in [7, 11) is -27.7. The first-order valence-corrected chi connectivity index (χ1v) is 38.7. The van der Waals surface area contributed by atoms with Crippen molar-refractivity contribution >= 4 is 107 Å². The first kappa shape index (κ1) is 85.3. The van der Waals surface area contributed by atoms with Crippen LogP contribution in [0.2, 0.25) is 0 Å². The summed E-state index contributed by atoms with van der Waals surface area (Å²) in [5.41, 5.74) is 26.3. The van der Waals surface area contributed by atoms with Gasteiger partial charge in [0.05, 0.1) is 86.5 Å². The fourth-order valence-corrected chi connectivity index (χ4v) is 14.9. The number of benzene rings is 4. The van der Waals surface area contributed by atoms with Crippen molar-refractivity contribution < 1.29 is 139 Å². The number of nitrogens with one attached hydrogen (secondary N) is 6. The van der Waals surface area contributed by atoms with E-state index in [0.29, 0.717) is 0 Å². The van der Waals surface area contributed by atoms with Crippen molar-refractivity contribution in [1.29, 1.82) is 5.41 Å². The number of aromatic nitrogens is 3. The van der Waals surface area contributed by atoms with Gasteiger partial charge in [-0.05, 0) is 77.3 Å². The van der Waals surface area contributed by atoms with Crippen LogP contribution < -0.4 is 48.4 Å². The Morgan fingerprint density at radius 3 is 2.21 bits per heavy atom. The molecule has 590 valence electrons. The van der Waals surface area contributed by atoms with E-state index in [0.717, 1.165) is 30.3 Å². The number of carboxylic acids is 1. The van der Waals surface area contributed by atoms with Crippen molar-refractivity contribution in [1.82, 2.24) is 35.8 Å². The van der Waals surface area contributed by atoms with Gasteiger partial charge in [0.25, 0.3) is 37.6 Å². The van der Waals surface area contributed by atoms with Gasteiger partial charge in [0.15, 0.2) is 33.0 Å². The second kappa shape index (κ2) is 37.9. The molecule has 2 aromatic heterocycles. The average Bonchev–Trinajstić information content (AvgIpc) is 0.917. The molecular formula is C58H65N16O31P3S2. The Labute approximate surface area is 617 Å². The van der Waals surface area contributed by atoms with Crippen molar-refractivity contribution in [3.05, 3.63) is 132 Å². The van der Waals surface area contributed by atoms with Gasteiger partial charge in [-0.25, -0.2) is 18.5 Å². The first-order chi connectivity index (χ1) is 52.0. The van der Waals surface area contributed by atoms with Crippen LogP contribution in [0.1, 0.15) is 55.7 Å². The molecule has 4 amide bonds. The molecule has 0 bridgehead atoms. The minimum atomic E-state index is -5.88. The van der Waals surface area contributed by atoms with Crippen LogP contribution in [0.25, 0.3) is 65.3 Å². The quantitative estimate of drug-likeness (QED) is 0.00301. The molecule has 52 heteroatoms. The summed E-state index contributed by atoms with van der Waals surface area (Å²) in [6.07, 6.45) is -3.81. The lowest BCUT2D eigenvalue weighted by Gasteiger charge is -2.21. The average molecular weight is 1640 g/mol. The van der Waals surface area contributed by atoms with Crippen LogP contribution in [0.3, 0.4) is 0 Å². The number of nitrogen functional groups attached to an aromatic ring is 2. The lowest BCUT2D eigenvalue weighted by Crippen LogP contribution is -2.35. The summed E-state index contributed by atoms with van der Waals surface area (Å²) < 4.78 is 164. The Bertz CT molecular complexity index is 5310. The minimum Gasteiger partial charge on any atom is -0.491 e. The number of hydrogen-bond acceptors (Lipinski definition) is 30. The van der Waals surface area contributed by atoms with Crippen molar-refractivity contribution in [2.45, 2.75) is 47.3 Å². The fraction of sp³-hybridized carbons (Fsp3) is 0.345. The Kier molecular flexibility index (Phi) is 29.4. The van der Waals surface area contributed by atoms with E-state index >= 15 is 0 Å². The van der Waals surface area contributed by atoms with E-state index in [1.807, 2.05) is 0 Å². The zero-order chi connectivity index (χ0) is 80.3. The number of amides is 4. The molecule has 1 aliphatic carbocycles. The molecule has 0 saturated carbocycles. The van der Waals surface area contributed by atoms with Crippen LogP contribution in [0.15, 0.2) is 102 Å². The number of rotatable bonds is 40. The zero-order valence-electron chi connectivity index (χ0n) is 56.4. The molecule has 5 aromatic rings. The van der Waals surface area contributed by atoms with Gasteiger partial charge in [0, 0.05) is 76.1 Å². The predicted octanol–water partition coefficient (Wildman–Crippen LogP) is 2.28. The topological polar surface area (TPSA) is 724 Å². The number of H-pyrrole nitrogens is 1. The molecule has 2 aliphatic heterocycles. The molecule has 6 unspecified atom stereocenters. The second-order valence-corrected chi connectivity index (χ2v) is 29.6. The van der Waals surface area contributed by atoms with Crippen molar-refractivity contribution in [2.24, 2.45) is 10.2 Å². The SMILES string of the molecule is [N-]=[N+]=NCOC1CC(n2cc(C#CCNC(=O)COCCOC(COc3cccc(C(=O)NCCNC(=O)CCOCCOCCNC(=O)c4ccc(C(=O)O)c(-c5c6ccc(=N)c(S(=O)(=O)O)c-6oc6c(S(=O)(=O)O)c(N)ccc56)c4)c3)N=[N+]=[N-])c3c(=O)[nH]c(N)nc32)OC1COP(=O)(O)OP(=O)(O)OP(=O)(O)O. The molecule has 1 saturated heterocycles. The monoisotopic (exact) mass is 1640 g/mol. The summed E-state index contributed by atoms with van der Waals surface area (Å²) in [5, 5.41) is 34.5. The summed E-state index contributed by atoms with van der Waals surface area (Å²) in [6.45, 7) is -3.05. The summed E-state index contributed by atoms with van der Waals surface area (Å²) >= 11 is 0. The Hall–Kier alpha value is -10.3. The van der Waals surface area contributed by atoms with Crippen LogP contribution >= 0.6 is 23.5 Å². The number of aromatic amines is 1. The first-order valence-electron chi connectivity index (χ1n) is 31.3. The number of ether oxygens (including phenoxy) is 7. The van der Waals surface area contributed by atoms with Gasteiger partial charge in [-0.1, -0.05) is 28.1 Å². The normalized spacial score (nSPS) is 15.8. The number of anilines is 2. The van der Waals surface area contributed by atoms with E-state index in [1.54, 1.807) is 0 Å². The standard InChI is InChI=1S/C58H65N16O31P3S2/c59-39-10-8-36-48(37-9-11-40(60)52(110(92,93)94)50(37)103-49(36)51(39)109(89,90)91)38-24-32(6-7-35(38)57(80)81)55(78)67-16-18-96-20-19-95-17-12-43(75)65-14-15-66-54(77)31-3-1-5-34(23-31)99-29-45(71-73-63)98-22-21-97-28-44(76)64-13-2-4-33-26-74(53-47(33)56(79)70-58(61)69-53)46-25-41(100-30-68-72-62)42(102-46)27-101-107(85,86)105-108(87,88)104-106(82,83)84/h1,3,5-11,23-24,26,41-42,45-46,59H,12-22,25,27-30,60H2,(H,64,76)(H,65,75)(H,66,77)(H,67,78)(H,80,81)(H,85,86)(H,87,88)(H2,82,83,84)(H,89,90,91)(H,92,93,94)(H3,61,69,70,79). The highest BCUT2D eigenvalue weighted by Crippen LogP contribution is 2.66. The van der Waals surface area contributed by atoms with Crippen molar-refractivity contribution in [2.75, 3.05) is 104 Å². The van der Waals surface area contributed by atoms with Gasteiger partial charge in [0.2, 0.25) is 17.8 Å². The Morgan fingerprint density at radius 1 is 0.809 bits per heavy atom. The van der Waals surface area contributed by atoms with Gasteiger partial charge in [-0.2, -0.15) is 30.4 Å². The number of aromatic carboxylic acids is 1. The number of nitrogens with two attached hydrogens (primary N) is 2. The molecule has 3 aliphatic rings. The van der Waals surface area contributed by atoms with E-state index in [1.165, 1.54) is 47.2 Å². The molecule has 110 heavy (non-hydrogen) atoms. The molecule has 17 N–H and O–H groups in total. The van der Waals surface area contributed by atoms with Crippen molar-refractivity contribution in [3.63, 3.8) is 0 Å². The molecule has 1 fully saturated rings. The highest BCUT2D eigenvalue weighted by molar-refractivity contribution is 7.86. The Morgan fingerprint density at radius 2 is 1.51 bits per heavy atom. The van der Waals surface area contributed by atoms with Crippen LogP contribution in [-0.2, 0) is 85.1 Å². The van der Waals surface area contributed by atoms with Gasteiger partial charge in [0.1, 0.15) is 38.0 Å². The predicted molar refractivity (Wildman–Crippen MR) is 373 cm³/mol. The number of nitrogens with zero attached hydrogens (tertiary/aromatic N) is 8. The van der Waals surface area contributed by atoms with E-state index in [2.05, 4.69) is 71.7 Å². The molecule has 4 heterocycles. The maximum atomic E-state index is 13.4. The number of carbonyl (C=O) groups is 5. The van der Waals surface area contributed by atoms with Gasteiger partial charge < -0.3 is 99.6 Å². The number of carboxylic acid groups (broad SMARTS) is 1. The van der Waals surface area contributed by atoms with Crippen LogP contribution in [0.5, 0.6) is 5.75 Å². The number of phosphoric ester groups is 1. The highest BCUT2D eigenvalue weighted by Gasteiger charge is 2.44. The van der Waals surface area contributed by atoms with E-state index in [-0.39, 0.29) is 147 Å². The van der Waals surface area contributed by atoms with E-state index < -0.39 is 161 Å². The largest absolute Gasteiger partial charge is 0.491 e. The molecular weight excluding hydrogens is 1570 g/mol. The number of azide groups is 2. The molecule has 3 aromatic carbocycles. The number of carbonyl (C=O) groups excluding carboxylic acids is 4. The number of hydrogen-bond donors (Lipinski definition) is 15. The molecule has 8 rings (SSSR count). The molecule has 6 atom stereocenters. The molecule has 0 radical (unpaired) electrons. The number of fused-ring (bicyclic) bond motifs is 3. The number of phosphoric acid groups is 3. The van der Waals surface area contributed by atoms with E-state index in [9.17, 15) is 83.3 Å². The lowest BCUT2D eigenvalue weighted by atomic mass is 9.89. The van der Waals surface area contributed by atoms with Gasteiger partial charge >= 0.3 is 29.4 Å². The second-order valence-electron chi connectivity index (χ2n) is 22.4. The van der Waals surface area contributed by atoms with Crippen LogP contribution in [-0.4, -0.2) is 206 Å². The maximum absolute atomic E-state index is 13.4. The summed E-state index contributed by atoms with van der Waals surface area (Å²) in [5.74, 6) is 0.592. The summed E-state index contributed by atoms with van der Waals surface area (Å²) in [4.78, 5) is 124. The third-order valence-electron chi connectivity index (χ3n) is 14.9. The van der Waals surface area contributed by atoms with Crippen LogP contribution in [0, 0.1) is 17.3 Å².